The molecule has 192 valence electrons. The van der Waals surface area contributed by atoms with Crippen molar-refractivity contribution in [1.82, 2.24) is 9.88 Å². The summed E-state index contributed by atoms with van der Waals surface area (Å²) < 4.78 is 46.7. The Morgan fingerprint density at radius 2 is 1.76 bits per heavy atom. The molecule has 0 amide bonds. The predicted molar refractivity (Wildman–Crippen MR) is 136 cm³/mol. The molecule has 1 heterocycles. The quantitative estimate of drug-likeness (QED) is 0.226. The molecule has 0 fully saturated rings. The van der Waals surface area contributed by atoms with E-state index in [0.29, 0.717) is 27.6 Å². The molecule has 0 spiro atoms. The van der Waals surface area contributed by atoms with Crippen LogP contribution in [0.3, 0.4) is 0 Å². The highest BCUT2D eigenvalue weighted by molar-refractivity contribution is 6.22. The molecule has 37 heavy (non-hydrogen) atoms. The van der Waals surface area contributed by atoms with Crippen LogP contribution in [0.4, 0.5) is 18.9 Å². The van der Waals surface area contributed by atoms with E-state index in [1.54, 1.807) is 74.4 Å². The minimum Gasteiger partial charge on any atom is -0.494 e. The first kappa shape index (κ1) is 26.0. The minimum absolute atomic E-state index is 0.0885. The number of rotatable bonds is 7. The fraction of sp³-hybridized carbons (Fsp3) is 0.214. The summed E-state index contributed by atoms with van der Waals surface area (Å²) in [5.74, 6) is -0.728. The van der Waals surface area contributed by atoms with Crippen molar-refractivity contribution in [3.8, 4) is 5.88 Å². The van der Waals surface area contributed by atoms with E-state index >= 15 is 0 Å². The van der Waals surface area contributed by atoms with Crippen molar-refractivity contribution in [1.29, 1.82) is 0 Å². The fourth-order valence-electron chi connectivity index (χ4n) is 4.13. The zero-order chi connectivity index (χ0) is 26.7. The molecule has 0 bridgehead atoms. The van der Waals surface area contributed by atoms with Crippen LogP contribution in [0.2, 0.25) is 0 Å². The summed E-state index contributed by atoms with van der Waals surface area (Å²) in [5, 5.41) is 11.4. The van der Waals surface area contributed by atoms with Gasteiger partial charge in [-0.1, -0.05) is 42.5 Å². The third-order valence-electron chi connectivity index (χ3n) is 5.70. The Balaban J connectivity index is 1.90. The van der Waals surface area contributed by atoms with E-state index in [-0.39, 0.29) is 36.0 Å². The van der Waals surface area contributed by atoms with Gasteiger partial charge in [0, 0.05) is 23.0 Å². The Bertz CT molecular complexity index is 1460. The molecule has 1 aromatic heterocycles. The standard InChI is InChI=1S/C28H26F3N3O3/c1-4-37-27(36)18-11-13-21-23(14-18)33-26(35)24(21)25(17-8-6-5-7-9-17)32-20-12-10-19(16-34(2)3)22(15-20)28(29,30)31/h5-15,33,35H,4,16H2,1-3H3. The van der Waals surface area contributed by atoms with Gasteiger partial charge in [-0.25, -0.2) is 9.79 Å². The monoisotopic (exact) mass is 509 g/mol. The normalized spacial score (nSPS) is 12.4. The van der Waals surface area contributed by atoms with Crippen molar-refractivity contribution < 1.29 is 27.8 Å². The maximum atomic E-state index is 13.9. The van der Waals surface area contributed by atoms with Crippen LogP contribution >= 0.6 is 0 Å². The van der Waals surface area contributed by atoms with Gasteiger partial charge in [-0.15, -0.1) is 0 Å². The second-order valence-electron chi connectivity index (χ2n) is 8.73. The topological polar surface area (TPSA) is 77.9 Å². The number of carbonyl (C=O) groups is 1. The molecular formula is C28H26F3N3O3. The molecular weight excluding hydrogens is 483 g/mol. The van der Waals surface area contributed by atoms with Crippen LogP contribution in [0.5, 0.6) is 5.88 Å². The van der Waals surface area contributed by atoms with Crippen LogP contribution in [0.1, 0.15) is 39.5 Å². The predicted octanol–water partition coefficient (Wildman–Crippen LogP) is 6.30. The van der Waals surface area contributed by atoms with Crippen molar-refractivity contribution in [2.45, 2.75) is 19.6 Å². The Morgan fingerprint density at radius 1 is 1.03 bits per heavy atom. The Labute approximate surface area is 212 Å². The van der Waals surface area contributed by atoms with Crippen LogP contribution in [-0.2, 0) is 17.5 Å². The number of hydrogen-bond donors (Lipinski definition) is 2. The molecule has 6 nitrogen and oxygen atoms in total. The van der Waals surface area contributed by atoms with Crippen molar-refractivity contribution in [3.05, 3.63) is 94.5 Å². The molecule has 0 aliphatic carbocycles. The van der Waals surface area contributed by atoms with Crippen LogP contribution < -0.4 is 0 Å². The summed E-state index contributed by atoms with van der Waals surface area (Å²) in [6.45, 7) is 2.04. The van der Waals surface area contributed by atoms with E-state index in [9.17, 15) is 23.1 Å². The Morgan fingerprint density at radius 3 is 2.41 bits per heavy atom. The van der Waals surface area contributed by atoms with Crippen molar-refractivity contribution in [2.75, 3.05) is 20.7 Å². The van der Waals surface area contributed by atoms with Gasteiger partial charge in [0.15, 0.2) is 5.88 Å². The van der Waals surface area contributed by atoms with Gasteiger partial charge < -0.3 is 19.7 Å². The number of nitrogens with one attached hydrogen (secondary N) is 1. The number of hydrogen-bond acceptors (Lipinski definition) is 5. The summed E-state index contributed by atoms with van der Waals surface area (Å²) in [7, 11) is 3.40. The van der Waals surface area contributed by atoms with Crippen LogP contribution in [-0.4, -0.2) is 47.4 Å². The van der Waals surface area contributed by atoms with Crippen molar-refractivity contribution in [2.24, 2.45) is 4.99 Å². The third-order valence-corrected chi connectivity index (χ3v) is 5.70. The highest BCUT2D eigenvalue weighted by Gasteiger charge is 2.33. The second kappa shape index (κ2) is 10.5. The first-order chi connectivity index (χ1) is 17.6. The highest BCUT2D eigenvalue weighted by Crippen LogP contribution is 2.37. The lowest BCUT2D eigenvalue weighted by molar-refractivity contribution is -0.138. The summed E-state index contributed by atoms with van der Waals surface area (Å²) in [4.78, 5) is 21.3. The Hall–Kier alpha value is -4.11. The zero-order valence-corrected chi connectivity index (χ0v) is 20.6. The maximum absolute atomic E-state index is 13.9. The molecule has 4 rings (SSSR count). The van der Waals surface area contributed by atoms with Gasteiger partial charge in [-0.2, -0.15) is 13.2 Å². The number of ether oxygens (including phenoxy) is 1. The molecule has 0 aliphatic rings. The van der Waals surface area contributed by atoms with Gasteiger partial charge in [0.05, 0.1) is 34.7 Å². The van der Waals surface area contributed by atoms with Crippen LogP contribution in [0.25, 0.3) is 10.9 Å². The molecule has 0 atom stereocenters. The molecule has 9 heteroatoms. The number of fused-ring (bicyclic) bond motifs is 1. The third kappa shape index (κ3) is 5.67. The van der Waals surface area contributed by atoms with E-state index in [2.05, 4.69) is 9.98 Å². The SMILES string of the molecule is CCOC(=O)c1ccc2c(C(=Nc3ccc(CN(C)C)c(C(F)(F)F)c3)c3ccccc3)c(O)[nH]c2c1. The largest absolute Gasteiger partial charge is 0.494 e. The number of aromatic nitrogens is 1. The van der Waals surface area contributed by atoms with Gasteiger partial charge in [0.1, 0.15) is 0 Å². The number of aromatic amines is 1. The number of H-pyrrole nitrogens is 1. The number of halogens is 3. The van der Waals surface area contributed by atoms with Gasteiger partial charge in [0.25, 0.3) is 0 Å². The summed E-state index contributed by atoms with van der Waals surface area (Å²) in [6.07, 6.45) is -4.56. The molecule has 0 radical (unpaired) electrons. The summed E-state index contributed by atoms with van der Waals surface area (Å²) >= 11 is 0. The number of benzene rings is 3. The summed E-state index contributed by atoms with van der Waals surface area (Å²) in [5.41, 5.74) is 1.40. The van der Waals surface area contributed by atoms with Crippen molar-refractivity contribution in [3.63, 3.8) is 0 Å². The number of aliphatic imine (C=N–C) groups is 1. The number of nitrogens with zero attached hydrogens (tertiary/aromatic N) is 2. The molecule has 0 unspecified atom stereocenters. The molecule has 4 aromatic rings. The molecule has 0 saturated carbocycles. The van der Waals surface area contributed by atoms with E-state index in [4.69, 9.17) is 4.74 Å². The van der Waals surface area contributed by atoms with Gasteiger partial charge in [0.2, 0.25) is 0 Å². The highest BCUT2D eigenvalue weighted by atomic mass is 19.4. The number of carbonyl (C=O) groups excluding carboxylic acids is 1. The maximum Gasteiger partial charge on any atom is 0.416 e. The zero-order valence-electron chi connectivity index (χ0n) is 20.6. The van der Waals surface area contributed by atoms with Crippen LogP contribution in [0.15, 0.2) is 71.7 Å². The first-order valence-electron chi connectivity index (χ1n) is 11.6. The first-order valence-corrected chi connectivity index (χ1v) is 11.6. The van der Waals surface area contributed by atoms with Gasteiger partial charge >= 0.3 is 12.1 Å². The van der Waals surface area contributed by atoms with Crippen LogP contribution in [0, 0.1) is 0 Å². The second-order valence-corrected chi connectivity index (χ2v) is 8.73. The number of aromatic hydroxyl groups is 1. The van der Waals surface area contributed by atoms with E-state index in [1.807, 2.05) is 0 Å². The average Bonchev–Trinajstić information content (AvgIpc) is 3.17. The van der Waals surface area contributed by atoms with Gasteiger partial charge in [-0.3, -0.25) is 0 Å². The molecule has 2 N–H and O–H groups in total. The number of esters is 1. The van der Waals surface area contributed by atoms with E-state index < -0.39 is 17.7 Å². The Kier molecular flexibility index (Phi) is 7.35. The molecule has 3 aromatic carbocycles. The lowest BCUT2D eigenvalue weighted by atomic mass is 9.99. The van der Waals surface area contributed by atoms with Gasteiger partial charge in [-0.05, 0) is 50.8 Å². The lowest BCUT2D eigenvalue weighted by Gasteiger charge is -2.17. The fourth-order valence-corrected chi connectivity index (χ4v) is 4.13. The smallest absolute Gasteiger partial charge is 0.416 e. The van der Waals surface area contributed by atoms with Crippen molar-refractivity contribution >= 4 is 28.3 Å². The van der Waals surface area contributed by atoms with E-state index in [0.717, 1.165) is 6.07 Å². The molecule has 0 saturated heterocycles. The average molecular weight is 510 g/mol. The number of alkyl halides is 3. The lowest BCUT2D eigenvalue weighted by Crippen LogP contribution is -2.16. The summed E-state index contributed by atoms with van der Waals surface area (Å²) in [6, 6.07) is 17.6. The molecule has 0 aliphatic heterocycles. The van der Waals surface area contributed by atoms with E-state index in [1.165, 1.54) is 12.1 Å². The minimum atomic E-state index is -4.56.